The minimum Gasteiger partial charge on any atom is -0.343 e. The Hall–Kier alpha value is -1.40. The quantitative estimate of drug-likeness (QED) is 0.892. The van der Waals surface area contributed by atoms with Crippen LogP contribution in [0.5, 0.6) is 0 Å². The van der Waals surface area contributed by atoms with Crippen LogP contribution in [0.3, 0.4) is 0 Å². The predicted molar refractivity (Wildman–Crippen MR) is 80.6 cm³/mol. The molecule has 1 aliphatic rings. The third-order valence-corrected chi connectivity index (χ3v) is 3.89. The molecule has 0 aliphatic carbocycles. The summed E-state index contributed by atoms with van der Waals surface area (Å²) in [6.45, 7) is 3.27. The lowest BCUT2D eigenvalue weighted by molar-refractivity contribution is -0.131. The van der Waals surface area contributed by atoms with Crippen molar-refractivity contribution < 1.29 is 9.59 Å². The zero-order chi connectivity index (χ0) is 14.5. The van der Waals surface area contributed by atoms with Crippen molar-refractivity contribution in [3.63, 3.8) is 0 Å². The van der Waals surface area contributed by atoms with Crippen molar-refractivity contribution in [3.05, 3.63) is 34.3 Å². The Morgan fingerprint density at radius 1 is 1.15 bits per heavy atom. The summed E-state index contributed by atoms with van der Waals surface area (Å²) in [7, 11) is 2.04. The molecule has 20 heavy (non-hydrogen) atoms. The zero-order valence-electron chi connectivity index (χ0n) is 11.4. The molecule has 0 aromatic heterocycles. The smallest absolute Gasteiger partial charge is 0.251 e. The SMILES string of the molecule is CN1CCN(C(=O)CNC(=O)c2ccc(Br)cc2)CC1. The molecule has 5 nitrogen and oxygen atoms in total. The van der Waals surface area contributed by atoms with Crippen molar-refractivity contribution >= 4 is 27.7 Å². The van der Waals surface area contributed by atoms with E-state index in [1.807, 2.05) is 7.05 Å². The van der Waals surface area contributed by atoms with Crippen molar-refractivity contribution in [1.29, 1.82) is 0 Å². The summed E-state index contributed by atoms with van der Waals surface area (Å²) in [6.07, 6.45) is 0. The number of likely N-dealkylation sites (N-methyl/N-ethyl adjacent to an activating group) is 1. The zero-order valence-corrected chi connectivity index (χ0v) is 13.0. The second-order valence-electron chi connectivity index (χ2n) is 4.87. The summed E-state index contributed by atoms with van der Waals surface area (Å²) < 4.78 is 0.919. The standard InChI is InChI=1S/C14H18BrN3O2/c1-17-6-8-18(9-7-17)13(19)10-16-14(20)11-2-4-12(15)5-3-11/h2-5H,6-10H2,1H3,(H,16,20). The number of carbonyl (C=O) groups excluding carboxylic acids is 2. The van der Waals surface area contributed by atoms with Crippen LogP contribution in [0.1, 0.15) is 10.4 Å². The van der Waals surface area contributed by atoms with E-state index in [1.54, 1.807) is 29.2 Å². The molecule has 0 spiro atoms. The molecule has 1 aliphatic heterocycles. The minimum atomic E-state index is -0.222. The maximum Gasteiger partial charge on any atom is 0.251 e. The second kappa shape index (κ2) is 6.85. The maximum atomic E-state index is 12.0. The molecule has 1 aromatic rings. The van der Waals surface area contributed by atoms with Crippen LogP contribution in [0.4, 0.5) is 0 Å². The van der Waals surface area contributed by atoms with Crippen molar-refractivity contribution in [2.75, 3.05) is 39.8 Å². The number of hydrogen-bond acceptors (Lipinski definition) is 3. The molecule has 1 heterocycles. The molecular weight excluding hydrogens is 322 g/mol. The normalized spacial score (nSPS) is 16.0. The van der Waals surface area contributed by atoms with Gasteiger partial charge in [-0.25, -0.2) is 0 Å². The lowest BCUT2D eigenvalue weighted by atomic mass is 10.2. The first-order valence-corrected chi connectivity index (χ1v) is 7.35. The number of carbonyl (C=O) groups is 2. The van der Waals surface area contributed by atoms with Crippen LogP contribution in [0.2, 0.25) is 0 Å². The van der Waals surface area contributed by atoms with Crippen LogP contribution in [0.25, 0.3) is 0 Å². The van der Waals surface area contributed by atoms with E-state index in [-0.39, 0.29) is 18.4 Å². The summed E-state index contributed by atoms with van der Waals surface area (Å²) in [4.78, 5) is 27.8. The number of nitrogens with one attached hydrogen (secondary N) is 1. The largest absolute Gasteiger partial charge is 0.343 e. The molecule has 1 N–H and O–H groups in total. The number of benzene rings is 1. The van der Waals surface area contributed by atoms with Crippen molar-refractivity contribution in [2.24, 2.45) is 0 Å². The predicted octanol–water partition coefficient (Wildman–Crippen LogP) is 0.953. The number of hydrogen-bond donors (Lipinski definition) is 1. The molecule has 108 valence electrons. The lowest BCUT2D eigenvalue weighted by Crippen LogP contribution is -2.50. The third-order valence-electron chi connectivity index (χ3n) is 3.36. The van der Waals surface area contributed by atoms with E-state index >= 15 is 0 Å². The number of amides is 2. The van der Waals surface area contributed by atoms with E-state index in [9.17, 15) is 9.59 Å². The Labute approximate surface area is 127 Å². The fourth-order valence-corrected chi connectivity index (χ4v) is 2.29. The monoisotopic (exact) mass is 339 g/mol. The number of rotatable bonds is 3. The van der Waals surface area contributed by atoms with Crippen molar-refractivity contribution in [2.45, 2.75) is 0 Å². The van der Waals surface area contributed by atoms with E-state index < -0.39 is 0 Å². The van der Waals surface area contributed by atoms with E-state index in [4.69, 9.17) is 0 Å². The van der Waals surface area contributed by atoms with Crippen molar-refractivity contribution in [1.82, 2.24) is 15.1 Å². The van der Waals surface area contributed by atoms with Gasteiger partial charge in [-0.05, 0) is 31.3 Å². The highest BCUT2D eigenvalue weighted by molar-refractivity contribution is 9.10. The highest BCUT2D eigenvalue weighted by atomic mass is 79.9. The molecule has 0 unspecified atom stereocenters. The summed E-state index contributed by atoms with van der Waals surface area (Å²) in [5.74, 6) is -0.247. The summed E-state index contributed by atoms with van der Waals surface area (Å²) in [5.41, 5.74) is 0.555. The van der Waals surface area contributed by atoms with Gasteiger partial charge in [-0.3, -0.25) is 9.59 Å². The first kappa shape index (κ1) is 15.0. The van der Waals surface area contributed by atoms with Crippen LogP contribution in [-0.2, 0) is 4.79 Å². The van der Waals surface area contributed by atoms with Gasteiger partial charge in [-0.1, -0.05) is 15.9 Å². The van der Waals surface area contributed by atoms with E-state index in [1.165, 1.54) is 0 Å². The Morgan fingerprint density at radius 2 is 1.75 bits per heavy atom. The number of halogens is 1. The van der Waals surface area contributed by atoms with Crippen molar-refractivity contribution in [3.8, 4) is 0 Å². The molecule has 1 aromatic carbocycles. The van der Waals surface area contributed by atoms with Crippen LogP contribution in [-0.4, -0.2) is 61.4 Å². The molecule has 0 atom stereocenters. The van der Waals surface area contributed by atoms with Gasteiger partial charge in [0.1, 0.15) is 0 Å². The molecule has 1 saturated heterocycles. The number of piperazine rings is 1. The van der Waals surface area contributed by atoms with Crippen LogP contribution in [0.15, 0.2) is 28.7 Å². The highest BCUT2D eigenvalue weighted by Crippen LogP contribution is 2.10. The molecule has 2 amide bonds. The lowest BCUT2D eigenvalue weighted by Gasteiger charge is -2.32. The molecule has 0 bridgehead atoms. The van der Waals surface area contributed by atoms with Gasteiger partial charge >= 0.3 is 0 Å². The second-order valence-corrected chi connectivity index (χ2v) is 5.79. The van der Waals surface area contributed by atoms with Gasteiger partial charge in [-0.2, -0.15) is 0 Å². The van der Waals surface area contributed by atoms with E-state index in [0.717, 1.165) is 30.7 Å². The molecular formula is C14H18BrN3O2. The molecule has 0 radical (unpaired) electrons. The maximum absolute atomic E-state index is 12.0. The minimum absolute atomic E-state index is 0.0245. The van der Waals surface area contributed by atoms with Crippen LogP contribution < -0.4 is 5.32 Å². The Morgan fingerprint density at radius 3 is 2.35 bits per heavy atom. The highest BCUT2D eigenvalue weighted by Gasteiger charge is 2.19. The van der Waals surface area contributed by atoms with E-state index in [0.29, 0.717) is 5.56 Å². The molecule has 2 rings (SSSR count). The topological polar surface area (TPSA) is 52.6 Å². The summed E-state index contributed by atoms with van der Waals surface area (Å²) >= 11 is 3.32. The van der Waals surface area contributed by atoms with Crippen LogP contribution >= 0.6 is 15.9 Å². The van der Waals surface area contributed by atoms with E-state index in [2.05, 4.69) is 26.1 Å². The van der Waals surface area contributed by atoms with Gasteiger partial charge in [0.2, 0.25) is 5.91 Å². The Bertz CT molecular complexity index is 482. The van der Waals surface area contributed by atoms with Gasteiger partial charge in [-0.15, -0.1) is 0 Å². The summed E-state index contributed by atoms with van der Waals surface area (Å²) in [6, 6.07) is 7.05. The first-order valence-electron chi connectivity index (χ1n) is 6.56. The fraction of sp³-hybridized carbons (Fsp3) is 0.429. The van der Waals surface area contributed by atoms with Gasteiger partial charge < -0.3 is 15.1 Å². The number of nitrogens with zero attached hydrogens (tertiary/aromatic N) is 2. The molecule has 6 heteroatoms. The molecule has 0 saturated carbocycles. The average molecular weight is 340 g/mol. The Kier molecular flexibility index (Phi) is 5.14. The first-order chi connectivity index (χ1) is 9.56. The average Bonchev–Trinajstić information content (AvgIpc) is 2.46. The van der Waals surface area contributed by atoms with Gasteiger partial charge in [0.05, 0.1) is 6.54 Å². The third kappa shape index (κ3) is 4.05. The Balaban J connectivity index is 1.81. The van der Waals surface area contributed by atoms with Crippen LogP contribution in [0, 0.1) is 0 Å². The van der Waals surface area contributed by atoms with Gasteiger partial charge in [0.25, 0.3) is 5.91 Å². The molecule has 1 fully saturated rings. The van der Waals surface area contributed by atoms with Gasteiger partial charge in [0.15, 0.2) is 0 Å². The van der Waals surface area contributed by atoms with Gasteiger partial charge in [0, 0.05) is 36.2 Å². The summed E-state index contributed by atoms with van der Waals surface area (Å²) in [5, 5.41) is 2.67. The fourth-order valence-electron chi connectivity index (χ4n) is 2.03.